The number of carbonyl (C=O) groups is 1. The Morgan fingerprint density at radius 3 is 2.33 bits per heavy atom. The predicted molar refractivity (Wildman–Crippen MR) is 85.0 cm³/mol. The third-order valence-electron chi connectivity index (χ3n) is 4.20. The molecule has 0 atom stereocenters. The molecule has 0 aromatic heterocycles. The smallest absolute Gasteiger partial charge is 0.274 e. The van der Waals surface area contributed by atoms with Crippen molar-refractivity contribution in [3.8, 4) is 0 Å². The molecule has 0 radical (unpaired) electrons. The van der Waals surface area contributed by atoms with E-state index in [1.54, 1.807) is 0 Å². The normalized spacial score (nSPS) is 20.6. The van der Waals surface area contributed by atoms with Crippen LogP contribution in [0.2, 0.25) is 0 Å². The number of hydrogen-bond acceptors (Lipinski definition) is 4. The summed E-state index contributed by atoms with van der Waals surface area (Å²) in [6.45, 7) is 4.59. The molecule has 3 rings (SSSR count). The molecule has 0 spiro atoms. The summed E-state index contributed by atoms with van der Waals surface area (Å²) in [5.41, 5.74) is 8.22. The van der Waals surface area contributed by atoms with E-state index in [4.69, 9.17) is 5.73 Å². The zero-order valence-corrected chi connectivity index (χ0v) is 12.5. The Hall–Kier alpha value is -2.01. The van der Waals surface area contributed by atoms with E-state index in [1.165, 1.54) is 0 Å². The molecule has 0 saturated carbocycles. The zero-order valence-electron chi connectivity index (χ0n) is 12.5. The van der Waals surface area contributed by atoms with Crippen LogP contribution in [-0.2, 0) is 4.79 Å². The number of carbonyl (C=O) groups excluding carboxylic acids is 1. The van der Waals surface area contributed by atoms with Crippen molar-refractivity contribution < 1.29 is 4.79 Å². The second-order valence-corrected chi connectivity index (χ2v) is 5.72. The SMILES string of the molecule is CN1CCN(C2=CCCN(c3ccc(N)cc3)C2=O)CC1. The number of piperazine rings is 1. The standard InChI is InChI=1S/C16H22N4O/c1-18-9-11-19(12-10-18)15-3-2-8-20(16(15)21)14-6-4-13(17)5-7-14/h3-7H,2,8-12,17H2,1H3. The predicted octanol–water partition coefficient (Wildman–Crippen LogP) is 1.14. The van der Waals surface area contributed by atoms with Gasteiger partial charge in [0, 0.05) is 44.1 Å². The highest BCUT2D eigenvalue weighted by atomic mass is 16.2. The molecule has 5 heteroatoms. The van der Waals surface area contributed by atoms with Gasteiger partial charge in [-0.25, -0.2) is 0 Å². The molecule has 0 bridgehead atoms. The van der Waals surface area contributed by atoms with Gasteiger partial charge in [-0.05, 0) is 37.7 Å². The molecule has 1 saturated heterocycles. The van der Waals surface area contributed by atoms with Crippen LogP contribution in [0.1, 0.15) is 6.42 Å². The lowest BCUT2D eigenvalue weighted by Crippen LogP contribution is -2.49. The number of amides is 1. The minimum Gasteiger partial charge on any atom is -0.399 e. The minimum absolute atomic E-state index is 0.107. The van der Waals surface area contributed by atoms with Gasteiger partial charge in [-0.15, -0.1) is 0 Å². The van der Waals surface area contributed by atoms with Gasteiger partial charge in [-0.1, -0.05) is 6.08 Å². The number of nitrogen functional groups attached to an aromatic ring is 1. The van der Waals surface area contributed by atoms with Crippen LogP contribution >= 0.6 is 0 Å². The lowest BCUT2D eigenvalue weighted by Gasteiger charge is -2.38. The summed E-state index contributed by atoms with van der Waals surface area (Å²) < 4.78 is 0. The zero-order chi connectivity index (χ0) is 14.8. The molecule has 1 fully saturated rings. The van der Waals surface area contributed by atoms with Crippen LogP contribution in [0.3, 0.4) is 0 Å². The molecule has 1 aromatic carbocycles. The third kappa shape index (κ3) is 2.88. The molecule has 21 heavy (non-hydrogen) atoms. The van der Waals surface area contributed by atoms with E-state index in [0.29, 0.717) is 0 Å². The second kappa shape index (κ2) is 5.77. The topological polar surface area (TPSA) is 52.8 Å². The molecule has 5 nitrogen and oxygen atoms in total. The monoisotopic (exact) mass is 286 g/mol. The Labute approximate surface area is 125 Å². The summed E-state index contributed by atoms with van der Waals surface area (Å²) in [5, 5.41) is 0. The van der Waals surface area contributed by atoms with Crippen LogP contribution in [-0.4, -0.2) is 55.5 Å². The van der Waals surface area contributed by atoms with E-state index in [2.05, 4.69) is 22.9 Å². The molecule has 112 valence electrons. The number of nitrogens with zero attached hydrogens (tertiary/aromatic N) is 3. The van der Waals surface area contributed by atoms with Crippen molar-refractivity contribution in [2.45, 2.75) is 6.42 Å². The van der Waals surface area contributed by atoms with E-state index in [-0.39, 0.29) is 5.91 Å². The molecule has 1 amide bonds. The van der Waals surface area contributed by atoms with Crippen molar-refractivity contribution in [2.24, 2.45) is 0 Å². The fraction of sp³-hybridized carbons (Fsp3) is 0.438. The Morgan fingerprint density at radius 1 is 1.00 bits per heavy atom. The summed E-state index contributed by atoms with van der Waals surface area (Å²) in [5.74, 6) is 0.107. The molecule has 1 aromatic rings. The quantitative estimate of drug-likeness (QED) is 0.828. The van der Waals surface area contributed by atoms with Crippen LogP contribution in [0, 0.1) is 0 Å². The molecule has 0 aliphatic carbocycles. The summed E-state index contributed by atoms with van der Waals surface area (Å²) in [6, 6.07) is 7.52. The van der Waals surface area contributed by atoms with Crippen molar-refractivity contribution in [1.29, 1.82) is 0 Å². The lowest BCUT2D eigenvalue weighted by molar-refractivity contribution is -0.117. The molecule has 0 unspecified atom stereocenters. The molecule has 2 N–H and O–H groups in total. The molecular weight excluding hydrogens is 264 g/mol. The van der Waals surface area contributed by atoms with E-state index in [9.17, 15) is 4.79 Å². The van der Waals surface area contributed by atoms with Crippen molar-refractivity contribution in [2.75, 3.05) is 50.4 Å². The highest BCUT2D eigenvalue weighted by Gasteiger charge is 2.28. The third-order valence-corrected chi connectivity index (χ3v) is 4.20. The summed E-state index contributed by atoms with van der Waals surface area (Å²) in [7, 11) is 2.12. The van der Waals surface area contributed by atoms with Crippen LogP contribution in [0.4, 0.5) is 11.4 Å². The van der Waals surface area contributed by atoms with Gasteiger partial charge in [0.05, 0.1) is 5.70 Å². The maximum absolute atomic E-state index is 12.8. The van der Waals surface area contributed by atoms with Crippen LogP contribution in [0.25, 0.3) is 0 Å². The summed E-state index contributed by atoms with van der Waals surface area (Å²) in [4.78, 5) is 19.1. The first-order valence-corrected chi connectivity index (χ1v) is 7.46. The van der Waals surface area contributed by atoms with Crippen molar-refractivity contribution in [3.05, 3.63) is 36.0 Å². The number of likely N-dealkylation sites (N-methyl/N-ethyl adjacent to an activating group) is 1. The Morgan fingerprint density at radius 2 is 1.67 bits per heavy atom. The first-order chi connectivity index (χ1) is 10.1. The van der Waals surface area contributed by atoms with Gasteiger partial charge in [0.2, 0.25) is 0 Å². The minimum atomic E-state index is 0.107. The Balaban J connectivity index is 1.77. The fourth-order valence-corrected chi connectivity index (χ4v) is 2.87. The number of benzene rings is 1. The van der Waals surface area contributed by atoms with Gasteiger partial charge in [0.25, 0.3) is 5.91 Å². The van der Waals surface area contributed by atoms with Gasteiger partial charge in [-0.3, -0.25) is 4.79 Å². The fourth-order valence-electron chi connectivity index (χ4n) is 2.87. The van der Waals surface area contributed by atoms with Crippen LogP contribution in [0.15, 0.2) is 36.0 Å². The van der Waals surface area contributed by atoms with E-state index in [1.807, 2.05) is 29.2 Å². The van der Waals surface area contributed by atoms with Gasteiger partial charge >= 0.3 is 0 Å². The van der Waals surface area contributed by atoms with Gasteiger partial charge in [-0.2, -0.15) is 0 Å². The highest BCUT2D eigenvalue weighted by molar-refractivity contribution is 6.06. The van der Waals surface area contributed by atoms with Crippen molar-refractivity contribution in [3.63, 3.8) is 0 Å². The number of hydrogen-bond donors (Lipinski definition) is 1. The van der Waals surface area contributed by atoms with E-state index in [0.717, 1.165) is 56.2 Å². The largest absolute Gasteiger partial charge is 0.399 e. The number of anilines is 2. The van der Waals surface area contributed by atoms with Gasteiger partial charge in [0.15, 0.2) is 0 Å². The molecule has 2 aliphatic rings. The Bertz CT molecular complexity index is 544. The van der Waals surface area contributed by atoms with E-state index < -0.39 is 0 Å². The maximum atomic E-state index is 12.8. The maximum Gasteiger partial charge on any atom is 0.274 e. The second-order valence-electron chi connectivity index (χ2n) is 5.72. The summed E-state index contributed by atoms with van der Waals surface area (Å²) >= 11 is 0. The first kappa shape index (κ1) is 13.9. The average molecular weight is 286 g/mol. The van der Waals surface area contributed by atoms with Crippen LogP contribution in [0.5, 0.6) is 0 Å². The van der Waals surface area contributed by atoms with E-state index >= 15 is 0 Å². The van der Waals surface area contributed by atoms with Crippen molar-refractivity contribution in [1.82, 2.24) is 9.80 Å². The van der Waals surface area contributed by atoms with Crippen molar-refractivity contribution >= 4 is 17.3 Å². The highest BCUT2D eigenvalue weighted by Crippen LogP contribution is 2.24. The number of nitrogens with two attached hydrogens (primary N) is 1. The summed E-state index contributed by atoms with van der Waals surface area (Å²) in [6.07, 6.45) is 2.99. The van der Waals surface area contributed by atoms with Crippen LogP contribution < -0.4 is 10.6 Å². The molecular formula is C16H22N4O. The Kier molecular flexibility index (Phi) is 3.84. The van der Waals surface area contributed by atoms with Gasteiger partial charge < -0.3 is 20.4 Å². The average Bonchev–Trinajstić information content (AvgIpc) is 2.50. The molecule has 2 heterocycles. The first-order valence-electron chi connectivity index (χ1n) is 7.46. The molecule has 2 aliphatic heterocycles. The number of rotatable bonds is 2. The lowest BCUT2D eigenvalue weighted by atomic mass is 10.1. The van der Waals surface area contributed by atoms with Gasteiger partial charge in [0.1, 0.15) is 0 Å².